The summed E-state index contributed by atoms with van der Waals surface area (Å²) in [5.74, 6) is 0.769. The molecule has 0 aromatic carbocycles. The Morgan fingerprint density at radius 2 is 1.62 bits per heavy atom. The lowest BCUT2D eigenvalue weighted by molar-refractivity contribution is -0.137. The topological polar surface area (TPSA) is 55.9 Å². The first-order valence-electron chi connectivity index (χ1n) is 8.11. The number of amides is 3. The number of carbonyl (C=O) groups excluding carboxylic acids is 2. The van der Waals surface area contributed by atoms with Gasteiger partial charge in [0.2, 0.25) is 5.91 Å². The predicted octanol–water partition coefficient (Wildman–Crippen LogP) is 0.448. The van der Waals surface area contributed by atoms with Gasteiger partial charge in [0, 0.05) is 45.8 Å². The van der Waals surface area contributed by atoms with Crippen molar-refractivity contribution >= 4 is 11.9 Å². The molecule has 0 saturated carbocycles. The molecule has 2 fully saturated rings. The predicted molar refractivity (Wildman–Crippen MR) is 82.0 cm³/mol. The van der Waals surface area contributed by atoms with Crippen LogP contribution in [-0.2, 0) is 4.79 Å². The number of nitrogens with zero attached hydrogens (tertiary/aromatic N) is 3. The van der Waals surface area contributed by atoms with Gasteiger partial charge in [0.05, 0.1) is 5.92 Å². The number of piperazine rings is 1. The zero-order valence-corrected chi connectivity index (χ0v) is 13.5. The van der Waals surface area contributed by atoms with Crippen molar-refractivity contribution in [1.82, 2.24) is 20.0 Å². The van der Waals surface area contributed by atoms with Gasteiger partial charge in [-0.25, -0.2) is 4.79 Å². The molecule has 3 amide bonds. The van der Waals surface area contributed by atoms with Crippen LogP contribution in [0.15, 0.2) is 0 Å². The third-order valence-corrected chi connectivity index (χ3v) is 4.73. The zero-order valence-electron chi connectivity index (χ0n) is 13.5. The number of urea groups is 1. The largest absolute Gasteiger partial charge is 0.339 e. The van der Waals surface area contributed by atoms with E-state index in [0.29, 0.717) is 32.1 Å². The Bertz CT molecular complexity index is 376. The van der Waals surface area contributed by atoms with Gasteiger partial charge in [-0.05, 0) is 26.3 Å². The Kier molecular flexibility index (Phi) is 5.45. The molecule has 6 nitrogen and oxygen atoms in total. The fourth-order valence-electron chi connectivity index (χ4n) is 3.19. The van der Waals surface area contributed by atoms with Crippen LogP contribution >= 0.6 is 0 Å². The van der Waals surface area contributed by atoms with Crippen LogP contribution < -0.4 is 5.32 Å². The second kappa shape index (κ2) is 7.11. The molecule has 2 saturated heterocycles. The Balaban J connectivity index is 1.85. The monoisotopic (exact) mass is 296 g/mol. The van der Waals surface area contributed by atoms with Gasteiger partial charge in [0.25, 0.3) is 0 Å². The highest BCUT2D eigenvalue weighted by Gasteiger charge is 2.34. The van der Waals surface area contributed by atoms with Crippen LogP contribution in [0.1, 0.15) is 20.8 Å². The van der Waals surface area contributed by atoms with Crippen LogP contribution in [0.4, 0.5) is 4.79 Å². The molecule has 2 heterocycles. The van der Waals surface area contributed by atoms with E-state index in [4.69, 9.17) is 0 Å². The number of carbonyl (C=O) groups is 2. The number of rotatable bonds is 3. The maximum atomic E-state index is 12.5. The lowest BCUT2D eigenvalue weighted by Crippen LogP contribution is -2.55. The highest BCUT2D eigenvalue weighted by molar-refractivity contribution is 5.80. The van der Waals surface area contributed by atoms with Gasteiger partial charge in [0.15, 0.2) is 0 Å². The summed E-state index contributed by atoms with van der Waals surface area (Å²) in [4.78, 5) is 30.4. The van der Waals surface area contributed by atoms with Crippen LogP contribution in [0.2, 0.25) is 0 Å². The van der Waals surface area contributed by atoms with Gasteiger partial charge in [0.1, 0.15) is 0 Å². The van der Waals surface area contributed by atoms with Crippen LogP contribution in [0.25, 0.3) is 0 Å². The molecule has 0 aromatic rings. The highest BCUT2D eigenvalue weighted by Crippen LogP contribution is 2.19. The van der Waals surface area contributed by atoms with Gasteiger partial charge >= 0.3 is 6.03 Å². The summed E-state index contributed by atoms with van der Waals surface area (Å²) >= 11 is 0. The smallest absolute Gasteiger partial charge is 0.320 e. The maximum absolute atomic E-state index is 12.5. The first kappa shape index (κ1) is 16.1. The standard InChI is InChI=1S/C15H28N4O2/c1-4-17(5-2)15(21)19-8-6-18(7-9-19)14(20)13-11-16-10-12(13)3/h12-13,16H,4-11H2,1-3H3/t12-,13-/m1/s1. The Morgan fingerprint density at radius 1 is 1.05 bits per heavy atom. The van der Waals surface area contributed by atoms with Gasteiger partial charge in [-0.15, -0.1) is 0 Å². The minimum absolute atomic E-state index is 0.100. The molecule has 2 aliphatic rings. The van der Waals surface area contributed by atoms with Crippen LogP contribution in [0, 0.1) is 11.8 Å². The van der Waals surface area contributed by atoms with Crippen LogP contribution in [-0.4, -0.2) is 79.0 Å². The summed E-state index contributed by atoms with van der Waals surface area (Å²) in [6.07, 6.45) is 0. The fraction of sp³-hybridized carbons (Fsp3) is 0.867. The minimum atomic E-state index is 0.100. The molecule has 2 aliphatic heterocycles. The normalized spacial score (nSPS) is 26.0. The van der Waals surface area contributed by atoms with E-state index in [-0.39, 0.29) is 17.9 Å². The lowest BCUT2D eigenvalue weighted by atomic mass is 9.96. The Labute approximate surface area is 127 Å². The molecule has 21 heavy (non-hydrogen) atoms. The van der Waals surface area contributed by atoms with Gasteiger partial charge in [-0.2, -0.15) is 0 Å². The van der Waals surface area contributed by atoms with E-state index in [0.717, 1.165) is 26.2 Å². The maximum Gasteiger partial charge on any atom is 0.320 e. The molecular weight excluding hydrogens is 268 g/mol. The second-order valence-electron chi connectivity index (χ2n) is 6.01. The zero-order chi connectivity index (χ0) is 15.4. The fourth-order valence-corrected chi connectivity index (χ4v) is 3.19. The Hall–Kier alpha value is -1.30. The molecule has 0 aliphatic carbocycles. The van der Waals surface area contributed by atoms with E-state index in [9.17, 15) is 9.59 Å². The first-order chi connectivity index (χ1) is 10.1. The van der Waals surface area contributed by atoms with Crippen molar-refractivity contribution in [2.24, 2.45) is 11.8 Å². The quantitative estimate of drug-likeness (QED) is 0.822. The molecular formula is C15H28N4O2. The average molecular weight is 296 g/mol. The SMILES string of the molecule is CCN(CC)C(=O)N1CCN(C(=O)[C@@H]2CNC[C@H]2C)CC1. The van der Waals surface area contributed by atoms with Crippen molar-refractivity contribution in [2.75, 3.05) is 52.4 Å². The molecule has 0 unspecified atom stereocenters. The third kappa shape index (κ3) is 3.48. The van der Waals surface area contributed by atoms with E-state index in [1.165, 1.54) is 0 Å². The first-order valence-corrected chi connectivity index (χ1v) is 8.11. The number of nitrogens with one attached hydrogen (secondary N) is 1. The summed E-state index contributed by atoms with van der Waals surface area (Å²) < 4.78 is 0. The molecule has 1 N–H and O–H groups in total. The molecule has 0 aromatic heterocycles. The van der Waals surface area contributed by atoms with Gasteiger partial charge in [-0.3, -0.25) is 4.79 Å². The van der Waals surface area contributed by atoms with Gasteiger partial charge < -0.3 is 20.0 Å². The minimum Gasteiger partial charge on any atom is -0.339 e. The summed E-state index contributed by atoms with van der Waals surface area (Å²) in [6, 6.07) is 0.100. The van der Waals surface area contributed by atoms with E-state index in [1.54, 1.807) is 0 Å². The number of hydrogen-bond acceptors (Lipinski definition) is 3. The molecule has 0 bridgehead atoms. The van der Waals surface area contributed by atoms with Gasteiger partial charge in [-0.1, -0.05) is 6.92 Å². The van der Waals surface area contributed by atoms with Crippen LogP contribution in [0.5, 0.6) is 0 Å². The molecule has 2 atom stereocenters. The summed E-state index contributed by atoms with van der Waals surface area (Å²) in [6.45, 7) is 11.9. The molecule has 120 valence electrons. The van der Waals surface area contributed by atoms with Crippen molar-refractivity contribution in [2.45, 2.75) is 20.8 Å². The van der Waals surface area contributed by atoms with E-state index in [2.05, 4.69) is 12.2 Å². The molecule has 6 heteroatoms. The number of hydrogen-bond donors (Lipinski definition) is 1. The third-order valence-electron chi connectivity index (χ3n) is 4.73. The summed E-state index contributed by atoms with van der Waals surface area (Å²) in [7, 11) is 0. The molecule has 2 rings (SSSR count). The summed E-state index contributed by atoms with van der Waals surface area (Å²) in [5.41, 5.74) is 0. The van der Waals surface area contributed by atoms with Crippen molar-refractivity contribution in [3.05, 3.63) is 0 Å². The second-order valence-corrected chi connectivity index (χ2v) is 6.01. The molecule has 0 radical (unpaired) electrons. The van der Waals surface area contributed by atoms with Crippen molar-refractivity contribution in [3.63, 3.8) is 0 Å². The van der Waals surface area contributed by atoms with Crippen molar-refractivity contribution in [3.8, 4) is 0 Å². The Morgan fingerprint density at radius 3 is 2.10 bits per heavy atom. The summed E-state index contributed by atoms with van der Waals surface area (Å²) in [5, 5.41) is 3.28. The lowest BCUT2D eigenvalue weighted by Gasteiger charge is -2.38. The van der Waals surface area contributed by atoms with E-state index in [1.807, 2.05) is 28.5 Å². The van der Waals surface area contributed by atoms with Crippen molar-refractivity contribution < 1.29 is 9.59 Å². The van der Waals surface area contributed by atoms with Crippen molar-refractivity contribution in [1.29, 1.82) is 0 Å². The molecule has 0 spiro atoms. The van der Waals surface area contributed by atoms with E-state index >= 15 is 0 Å². The highest BCUT2D eigenvalue weighted by atomic mass is 16.2. The van der Waals surface area contributed by atoms with E-state index < -0.39 is 0 Å². The average Bonchev–Trinajstić information content (AvgIpc) is 2.94. The van der Waals surface area contributed by atoms with Crippen LogP contribution in [0.3, 0.4) is 0 Å².